The maximum atomic E-state index is 13.2. The molecule has 0 heterocycles. The van der Waals surface area contributed by atoms with E-state index in [2.05, 4.69) is 5.32 Å². The SMILES string of the molecule is CC[C@@H](C)NC(=O)[C@H](CC)N(Cc1ccc(Cl)cc1)C(=O)COc1cccc(C)c1C. The fourth-order valence-electron chi connectivity index (χ4n) is 3.25. The van der Waals surface area contributed by atoms with Gasteiger partial charge in [-0.15, -0.1) is 0 Å². The van der Waals surface area contributed by atoms with Gasteiger partial charge < -0.3 is 15.0 Å². The molecule has 2 aromatic carbocycles. The van der Waals surface area contributed by atoms with Crippen LogP contribution in [0.1, 0.15) is 50.3 Å². The van der Waals surface area contributed by atoms with Crippen molar-refractivity contribution in [1.82, 2.24) is 10.2 Å². The first-order valence-electron chi connectivity index (χ1n) is 10.8. The second-order valence-corrected chi connectivity index (χ2v) is 8.31. The van der Waals surface area contributed by atoms with Gasteiger partial charge in [0, 0.05) is 17.6 Å². The minimum atomic E-state index is -0.584. The third-order valence-electron chi connectivity index (χ3n) is 5.56. The van der Waals surface area contributed by atoms with Crippen LogP contribution in [0.15, 0.2) is 42.5 Å². The molecule has 2 atom stereocenters. The van der Waals surface area contributed by atoms with E-state index in [4.69, 9.17) is 16.3 Å². The molecule has 2 amide bonds. The highest BCUT2D eigenvalue weighted by atomic mass is 35.5. The predicted octanol–water partition coefficient (Wildman–Crippen LogP) is 5.06. The summed E-state index contributed by atoms with van der Waals surface area (Å²) in [5.41, 5.74) is 3.00. The number of carbonyl (C=O) groups is 2. The monoisotopic (exact) mass is 444 g/mol. The Hall–Kier alpha value is -2.53. The molecule has 0 aliphatic rings. The molecule has 0 bridgehead atoms. The Kier molecular flexibility index (Phi) is 9.38. The first-order chi connectivity index (χ1) is 14.8. The Bertz CT molecular complexity index is 883. The summed E-state index contributed by atoms with van der Waals surface area (Å²) in [6.45, 7) is 10.0. The van der Waals surface area contributed by atoms with Crippen molar-refractivity contribution in [3.63, 3.8) is 0 Å². The quantitative estimate of drug-likeness (QED) is 0.557. The van der Waals surface area contributed by atoms with Crippen LogP contribution in [0.25, 0.3) is 0 Å². The fourth-order valence-corrected chi connectivity index (χ4v) is 3.38. The summed E-state index contributed by atoms with van der Waals surface area (Å²) in [5, 5.41) is 3.63. The van der Waals surface area contributed by atoms with Gasteiger partial charge in [0.2, 0.25) is 5.91 Å². The topological polar surface area (TPSA) is 58.6 Å². The van der Waals surface area contributed by atoms with E-state index in [1.165, 1.54) is 0 Å². The molecule has 0 saturated heterocycles. The van der Waals surface area contributed by atoms with Crippen LogP contribution in [0.3, 0.4) is 0 Å². The number of benzene rings is 2. The van der Waals surface area contributed by atoms with Crippen LogP contribution in [-0.2, 0) is 16.1 Å². The van der Waals surface area contributed by atoms with Crippen LogP contribution in [0, 0.1) is 13.8 Å². The standard InChI is InChI=1S/C25H33ClN2O3/c1-6-18(4)27-25(30)22(7-2)28(15-20-11-13-21(26)14-12-20)24(29)16-31-23-10-8-9-17(3)19(23)5/h8-14,18,22H,6-7,15-16H2,1-5H3,(H,27,30)/t18-,22+/m1/s1. The molecule has 0 radical (unpaired) electrons. The first-order valence-corrected chi connectivity index (χ1v) is 11.2. The molecule has 0 fully saturated rings. The van der Waals surface area contributed by atoms with E-state index < -0.39 is 6.04 Å². The zero-order chi connectivity index (χ0) is 23.0. The second kappa shape index (κ2) is 11.8. The Morgan fingerprint density at radius 3 is 2.35 bits per heavy atom. The number of hydrogen-bond acceptors (Lipinski definition) is 3. The number of ether oxygens (including phenoxy) is 1. The van der Waals surface area contributed by atoms with E-state index in [1.54, 1.807) is 17.0 Å². The number of aryl methyl sites for hydroxylation is 1. The molecular weight excluding hydrogens is 412 g/mol. The Labute approximate surface area is 190 Å². The van der Waals surface area contributed by atoms with E-state index in [-0.39, 0.29) is 24.5 Å². The van der Waals surface area contributed by atoms with Gasteiger partial charge in [0.15, 0.2) is 6.61 Å². The van der Waals surface area contributed by atoms with E-state index >= 15 is 0 Å². The van der Waals surface area contributed by atoms with Crippen LogP contribution in [0.2, 0.25) is 5.02 Å². The normalized spacial score (nSPS) is 12.7. The van der Waals surface area contributed by atoms with Crippen molar-refractivity contribution in [3.05, 3.63) is 64.2 Å². The van der Waals surface area contributed by atoms with Gasteiger partial charge in [0.25, 0.3) is 5.91 Å². The van der Waals surface area contributed by atoms with Crippen molar-refractivity contribution in [3.8, 4) is 5.75 Å². The minimum absolute atomic E-state index is 0.0419. The zero-order valence-corrected chi connectivity index (χ0v) is 19.8. The van der Waals surface area contributed by atoms with E-state index in [0.717, 1.165) is 23.1 Å². The molecule has 0 aliphatic carbocycles. The van der Waals surface area contributed by atoms with Crippen molar-refractivity contribution in [2.24, 2.45) is 0 Å². The summed E-state index contributed by atoms with van der Waals surface area (Å²) in [5.74, 6) is 0.296. The largest absolute Gasteiger partial charge is 0.483 e. The summed E-state index contributed by atoms with van der Waals surface area (Å²) in [6, 6.07) is 12.5. The summed E-state index contributed by atoms with van der Waals surface area (Å²) >= 11 is 6.00. The highest BCUT2D eigenvalue weighted by Crippen LogP contribution is 2.21. The van der Waals surface area contributed by atoms with Crippen molar-refractivity contribution >= 4 is 23.4 Å². The van der Waals surface area contributed by atoms with Crippen molar-refractivity contribution in [2.45, 2.75) is 66.1 Å². The lowest BCUT2D eigenvalue weighted by molar-refractivity contribution is -0.143. The summed E-state index contributed by atoms with van der Waals surface area (Å²) in [4.78, 5) is 27.8. The van der Waals surface area contributed by atoms with Gasteiger partial charge in [-0.25, -0.2) is 0 Å². The maximum Gasteiger partial charge on any atom is 0.261 e. The van der Waals surface area contributed by atoms with Crippen LogP contribution in [-0.4, -0.2) is 35.4 Å². The number of halogens is 1. The van der Waals surface area contributed by atoms with Gasteiger partial charge in [-0.05, 0) is 68.5 Å². The highest BCUT2D eigenvalue weighted by molar-refractivity contribution is 6.30. The average Bonchev–Trinajstić information content (AvgIpc) is 2.75. The van der Waals surface area contributed by atoms with Crippen LogP contribution < -0.4 is 10.1 Å². The molecule has 2 rings (SSSR count). The fraction of sp³-hybridized carbons (Fsp3) is 0.440. The Morgan fingerprint density at radius 1 is 1.06 bits per heavy atom. The van der Waals surface area contributed by atoms with E-state index in [1.807, 2.05) is 65.0 Å². The zero-order valence-electron chi connectivity index (χ0n) is 19.1. The molecule has 0 aliphatic heterocycles. The molecule has 31 heavy (non-hydrogen) atoms. The van der Waals surface area contributed by atoms with Gasteiger partial charge in [-0.1, -0.05) is 49.7 Å². The van der Waals surface area contributed by atoms with Crippen LogP contribution in [0.5, 0.6) is 5.75 Å². The molecule has 1 N–H and O–H groups in total. The highest BCUT2D eigenvalue weighted by Gasteiger charge is 2.29. The maximum absolute atomic E-state index is 13.2. The number of nitrogens with one attached hydrogen (secondary N) is 1. The lowest BCUT2D eigenvalue weighted by Gasteiger charge is -2.31. The third kappa shape index (κ3) is 7.00. The molecule has 0 spiro atoms. The Morgan fingerprint density at radius 2 is 1.74 bits per heavy atom. The smallest absolute Gasteiger partial charge is 0.261 e. The predicted molar refractivity (Wildman–Crippen MR) is 125 cm³/mol. The number of hydrogen-bond donors (Lipinski definition) is 1. The van der Waals surface area contributed by atoms with E-state index in [9.17, 15) is 9.59 Å². The molecular formula is C25H33ClN2O3. The summed E-state index contributed by atoms with van der Waals surface area (Å²) in [6.07, 6.45) is 1.33. The van der Waals surface area contributed by atoms with Gasteiger partial charge in [0.1, 0.15) is 11.8 Å². The molecule has 6 heteroatoms. The molecule has 0 saturated carbocycles. The number of nitrogens with zero attached hydrogens (tertiary/aromatic N) is 1. The minimum Gasteiger partial charge on any atom is -0.483 e. The van der Waals surface area contributed by atoms with Gasteiger partial charge in [-0.2, -0.15) is 0 Å². The van der Waals surface area contributed by atoms with E-state index in [0.29, 0.717) is 23.7 Å². The summed E-state index contributed by atoms with van der Waals surface area (Å²) < 4.78 is 5.85. The van der Waals surface area contributed by atoms with Gasteiger partial charge >= 0.3 is 0 Å². The first kappa shape index (κ1) is 24.7. The van der Waals surface area contributed by atoms with Crippen molar-refractivity contribution in [2.75, 3.05) is 6.61 Å². The van der Waals surface area contributed by atoms with Gasteiger partial charge in [-0.3, -0.25) is 9.59 Å². The summed E-state index contributed by atoms with van der Waals surface area (Å²) in [7, 11) is 0. The lowest BCUT2D eigenvalue weighted by Crippen LogP contribution is -2.51. The lowest BCUT2D eigenvalue weighted by atomic mass is 10.1. The van der Waals surface area contributed by atoms with Crippen molar-refractivity contribution < 1.29 is 14.3 Å². The number of carbonyl (C=O) groups excluding carboxylic acids is 2. The Balaban J connectivity index is 2.23. The molecule has 5 nitrogen and oxygen atoms in total. The average molecular weight is 445 g/mol. The molecule has 2 aromatic rings. The molecule has 0 unspecified atom stereocenters. The number of amides is 2. The molecule has 168 valence electrons. The molecule has 0 aromatic heterocycles. The second-order valence-electron chi connectivity index (χ2n) is 7.88. The van der Waals surface area contributed by atoms with Crippen LogP contribution >= 0.6 is 11.6 Å². The third-order valence-corrected chi connectivity index (χ3v) is 5.81. The van der Waals surface area contributed by atoms with Crippen molar-refractivity contribution in [1.29, 1.82) is 0 Å². The van der Waals surface area contributed by atoms with Gasteiger partial charge in [0.05, 0.1) is 0 Å². The van der Waals surface area contributed by atoms with Crippen LogP contribution in [0.4, 0.5) is 0 Å². The number of rotatable bonds is 10.